The van der Waals surface area contributed by atoms with Crippen molar-refractivity contribution in [3.05, 3.63) is 0 Å². The van der Waals surface area contributed by atoms with Gasteiger partial charge in [0.1, 0.15) is 6.04 Å². The molecule has 0 aliphatic heterocycles. The molecule has 2 rings (SSSR count). The van der Waals surface area contributed by atoms with E-state index in [2.05, 4.69) is 10.2 Å². The quantitative estimate of drug-likeness (QED) is 0.638. The average Bonchev–Trinajstić information content (AvgIpc) is 3.15. The summed E-state index contributed by atoms with van der Waals surface area (Å²) in [7, 11) is 0. The third-order valence-corrected chi connectivity index (χ3v) is 3.71. The van der Waals surface area contributed by atoms with Gasteiger partial charge >= 0.3 is 5.97 Å². The molecule has 0 bridgehead atoms. The van der Waals surface area contributed by atoms with Gasteiger partial charge in [0.15, 0.2) is 0 Å². The molecule has 0 saturated heterocycles. The van der Waals surface area contributed by atoms with Crippen LogP contribution in [-0.4, -0.2) is 47.7 Å². The van der Waals surface area contributed by atoms with Gasteiger partial charge in [0.25, 0.3) is 0 Å². The second-order valence-electron chi connectivity index (χ2n) is 5.41. The van der Waals surface area contributed by atoms with Crippen LogP contribution in [0.2, 0.25) is 0 Å². The monoisotopic (exact) mass is 240 g/mol. The molecule has 1 unspecified atom stereocenters. The van der Waals surface area contributed by atoms with Crippen LogP contribution in [0.15, 0.2) is 0 Å². The van der Waals surface area contributed by atoms with Gasteiger partial charge in [-0.05, 0) is 44.6 Å². The first-order chi connectivity index (χ1) is 8.20. The Hall–Kier alpha value is -0.610. The largest absolute Gasteiger partial charge is 0.480 e. The van der Waals surface area contributed by atoms with Crippen molar-refractivity contribution in [1.82, 2.24) is 10.2 Å². The number of nitrogens with zero attached hydrogens (tertiary/aromatic N) is 1. The average molecular weight is 240 g/mol. The van der Waals surface area contributed by atoms with Gasteiger partial charge in [-0.2, -0.15) is 0 Å². The Morgan fingerprint density at radius 3 is 2.59 bits per heavy atom. The summed E-state index contributed by atoms with van der Waals surface area (Å²) in [5.74, 6) is 0.187. The van der Waals surface area contributed by atoms with Gasteiger partial charge in [-0.1, -0.05) is 6.92 Å². The highest BCUT2D eigenvalue weighted by molar-refractivity contribution is 5.73. The molecule has 0 spiro atoms. The number of carboxylic acid groups (broad SMARTS) is 1. The first kappa shape index (κ1) is 12.8. The number of hydrogen-bond acceptors (Lipinski definition) is 3. The lowest BCUT2D eigenvalue weighted by Gasteiger charge is -2.23. The molecule has 0 heterocycles. The minimum Gasteiger partial charge on any atom is -0.480 e. The molecular weight excluding hydrogens is 216 g/mol. The number of carbonyl (C=O) groups is 1. The van der Waals surface area contributed by atoms with E-state index in [-0.39, 0.29) is 6.04 Å². The fourth-order valence-electron chi connectivity index (χ4n) is 2.35. The molecule has 2 saturated carbocycles. The Bertz CT molecular complexity index is 262. The maximum atomic E-state index is 11.0. The summed E-state index contributed by atoms with van der Waals surface area (Å²) in [6.07, 6.45) is 6.10. The van der Waals surface area contributed by atoms with E-state index >= 15 is 0 Å². The van der Waals surface area contributed by atoms with Gasteiger partial charge in [-0.15, -0.1) is 0 Å². The maximum Gasteiger partial charge on any atom is 0.320 e. The van der Waals surface area contributed by atoms with Crippen LogP contribution in [0.4, 0.5) is 0 Å². The molecule has 0 aromatic carbocycles. The molecule has 4 nitrogen and oxygen atoms in total. The van der Waals surface area contributed by atoms with Crippen molar-refractivity contribution >= 4 is 5.97 Å². The maximum absolute atomic E-state index is 11.0. The molecule has 2 aliphatic carbocycles. The van der Waals surface area contributed by atoms with Gasteiger partial charge < -0.3 is 15.3 Å². The number of hydrogen-bond donors (Lipinski definition) is 2. The molecule has 0 radical (unpaired) electrons. The van der Waals surface area contributed by atoms with E-state index in [1.165, 1.54) is 32.2 Å². The van der Waals surface area contributed by atoms with E-state index in [0.29, 0.717) is 0 Å². The van der Waals surface area contributed by atoms with Crippen LogP contribution in [0, 0.1) is 5.92 Å². The van der Waals surface area contributed by atoms with Crippen LogP contribution in [0.5, 0.6) is 0 Å². The minimum absolute atomic E-state index is 0.375. The van der Waals surface area contributed by atoms with Crippen molar-refractivity contribution in [3.8, 4) is 0 Å². The van der Waals surface area contributed by atoms with Crippen molar-refractivity contribution in [2.24, 2.45) is 5.92 Å². The van der Waals surface area contributed by atoms with Crippen LogP contribution in [-0.2, 0) is 4.79 Å². The van der Waals surface area contributed by atoms with Gasteiger partial charge in [0.05, 0.1) is 0 Å². The van der Waals surface area contributed by atoms with Crippen molar-refractivity contribution < 1.29 is 9.90 Å². The van der Waals surface area contributed by atoms with Crippen LogP contribution in [0.25, 0.3) is 0 Å². The van der Waals surface area contributed by atoms with Crippen LogP contribution < -0.4 is 5.32 Å². The molecule has 2 aliphatic rings. The zero-order valence-electron chi connectivity index (χ0n) is 10.7. The summed E-state index contributed by atoms with van der Waals surface area (Å²) >= 11 is 0. The Morgan fingerprint density at radius 1 is 1.41 bits per heavy atom. The molecule has 0 aromatic heterocycles. The molecular formula is C13H24N2O2. The molecule has 17 heavy (non-hydrogen) atoms. The highest BCUT2D eigenvalue weighted by Crippen LogP contribution is 2.34. The molecule has 0 aromatic rings. The van der Waals surface area contributed by atoms with E-state index in [1.807, 2.05) is 6.92 Å². The van der Waals surface area contributed by atoms with Gasteiger partial charge in [0.2, 0.25) is 0 Å². The molecule has 2 fully saturated rings. The topological polar surface area (TPSA) is 52.6 Å². The Labute approximate surface area is 103 Å². The second kappa shape index (κ2) is 5.83. The lowest BCUT2D eigenvalue weighted by molar-refractivity contribution is -0.139. The molecule has 4 heteroatoms. The second-order valence-corrected chi connectivity index (χ2v) is 5.41. The lowest BCUT2D eigenvalue weighted by atomic mass is 10.2. The zero-order valence-corrected chi connectivity index (χ0v) is 10.7. The zero-order chi connectivity index (χ0) is 12.3. The van der Waals surface area contributed by atoms with E-state index in [9.17, 15) is 4.79 Å². The number of likely N-dealkylation sites (N-methyl/N-ethyl adjacent to an activating group) is 1. The van der Waals surface area contributed by atoms with Crippen LogP contribution in [0.1, 0.15) is 39.0 Å². The van der Waals surface area contributed by atoms with Crippen molar-refractivity contribution in [3.63, 3.8) is 0 Å². The smallest absolute Gasteiger partial charge is 0.320 e. The van der Waals surface area contributed by atoms with Crippen molar-refractivity contribution in [2.45, 2.75) is 51.1 Å². The summed E-state index contributed by atoms with van der Waals surface area (Å²) in [4.78, 5) is 13.6. The Kier molecular flexibility index (Phi) is 4.40. The molecule has 0 amide bonds. The molecule has 98 valence electrons. The number of nitrogens with one attached hydrogen (secondary N) is 1. The van der Waals surface area contributed by atoms with Crippen LogP contribution in [0.3, 0.4) is 0 Å². The standard InChI is InChI=1S/C13H24N2O2/c1-2-14-12(13(16)17)7-8-15(11-5-6-11)9-10-3-4-10/h10-12,14H,2-9H2,1H3,(H,16,17). The molecule has 1 atom stereocenters. The Morgan fingerprint density at radius 2 is 2.12 bits per heavy atom. The number of carboxylic acids is 1. The SMILES string of the molecule is CCNC(CCN(CC1CC1)C1CC1)C(=O)O. The highest BCUT2D eigenvalue weighted by atomic mass is 16.4. The predicted molar refractivity (Wildman–Crippen MR) is 67.0 cm³/mol. The van der Waals surface area contributed by atoms with E-state index in [1.54, 1.807) is 0 Å². The van der Waals surface area contributed by atoms with Crippen LogP contribution >= 0.6 is 0 Å². The summed E-state index contributed by atoms with van der Waals surface area (Å²) in [5, 5.41) is 12.1. The predicted octanol–water partition coefficient (Wildman–Crippen LogP) is 1.31. The van der Waals surface area contributed by atoms with Crippen molar-refractivity contribution in [2.75, 3.05) is 19.6 Å². The van der Waals surface area contributed by atoms with Crippen molar-refractivity contribution in [1.29, 1.82) is 0 Å². The van der Waals surface area contributed by atoms with Gasteiger partial charge in [-0.25, -0.2) is 0 Å². The van der Waals surface area contributed by atoms with Gasteiger partial charge in [-0.3, -0.25) is 4.79 Å². The normalized spacial score (nSPS) is 21.8. The summed E-state index contributed by atoms with van der Waals surface area (Å²) in [5.41, 5.74) is 0. The fourth-order valence-corrected chi connectivity index (χ4v) is 2.35. The third-order valence-electron chi connectivity index (χ3n) is 3.71. The minimum atomic E-state index is -0.714. The van der Waals surface area contributed by atoms with Gasteiger partial charge in [0, 0.05) is 19.1 Å². The van der Waals surface area contributed by atoms with E-state index in [4.69, 9.17) is 5.11 Å². The summed E-state index contributed by atoms with van der Waals surface area (Å²) < 4.78 is 0. The molecule has 2 N–H and O–H groups in total. The van der Waals surface area contributed by atoms with E-state index in [0.717, 1.165) is 31.5 Å². The third kappa shape index (κ3) is 4.28. The first-order valence-corrected chi connectivity index (χ1v) is 6.91. The number of aliphatic carboxylic acids is 1. The summed E-state index contributed by atoms with van der Waals surface area (Å²) in [6.45, 7) is 4.82. The number of rotatable bonds is 9. The van der Waals surface area contributed by atoms with E-state index < -0.39 is 5.97 Å². The fraction of sp³-hybridized carbons (Fsp3) is 0.923. The first-order valence-electron chi connectivity index (χ1n) is 6.91. The highest BCUT2D eigenvalue weighted by Gasteiger charge is 2.33. The lowest BCUT2D eigenvalue weighted by Crippen LogP contribution is -2.40. The summed E-state index contributed by atoms with van der Waals surface area (Å²) in [6, 6.07) is 0.382. The Balaban J connectivity index is 1.73.